The molecular formula is C11H13NO5S. The summed E-state index contributed by atoms with van der Waals surface area (Å²) in [5.74, 6) is -0.620. The number of carbonyl (C=O) groups is 1. The molecule has 0 saturated carbocycles. The number of carboxylic acid groups (broad SMARTS) is 1. The highest BCUT2D eigenvalue weighted by Gasteiger charge is 2.20. The highest BCUT2D eigenvalue weighted by Crippen LogP contribution is 2.27. The van der Waals surface area contributed by atoms with Crippen LogP contribution >= 0.6 is 11.8 Å². The van der Waals surface area contributed by atoms with Crippen molar-refractivity contribution in [1.82, 2.24) is 0 Å². The summed E-state index contributed by atoms with van der Waals surface area (Å²) in [6.07, 6.45) is 0. The van der Waals surface area contributed by atoms with Crippen LogP contribution in [0.15, 0.2) is 23.1 Å². The lowest BCUT2D eigenvalue weighted by atomic mass is 10.2. The van der Waals surface area contributed by atoms with Gasteiger partial charge in [0.15, 0.2) is 0 Å². The van der Waals surface area contributed by atoms with E-state index in [1.807, 2.05) is 6.92 Å². The Kier molecular flexibility index (Phi) is 5.11. The number of carboxylic acids is 1. The van der Waals surface area contributed by atoms with E-state index in [0.29, 0.717) is 10.6 Å². The fourth-order valence-corrected chi connectivity index (χ4v) is 2.17. The third-order valence-corrected chi connectivity index (χ3v) is 3.56. The van der Waals surface area contributed by atoms with Crippen molar-refractivity contribution in [2.24, 2.45) is 5.92 Å². The second kappa shape index (κ2) is 6.36. The first-order valence-corrected chi connectivity index (χ1v) is 6.19. The second-order valence-corrected chi connectivity index (χ2v) is 4.93. The van der Waals surface area contributed by atoms with Crippen molar-refractivity contribution in [1.29, 1.82) is 0 Å². The molecule has 1 unspecified atom stereocenters. The van der Waals surface area contributed by atoms with E-state index in [1.54, 1.807) is 0 Å². The van der Waals surface area contributed by atoms with Crippen LogP contribution in [0, 0.1) is 16.0 Å². The SMILES string of the molecule is CC(CO)CSc1ccc([N+](=O)[O-])c(C(=O)O)c1. The molecule has 6 nitrogen and oxygen atoms in total. The van der Waals surface area contributed by atoms with Gasteiger partial charge in [-0.05, 0) is 18.1 Å². The summed E-state index contributed by atoms with van der Waals surface area (Å²) in [7, 11) is 0. The van der Waals surface area contributed by atoms with Gasteiger partial charge >= 0.3 is 5.97 Å². The molecule has 1 aromatic rings. The normalized spacial score (nSPS) is 12.1. The van der Waals surface area contributed by atoms with Crippen molar-refractivity contribution in [2.45, 2.75) is 11.8 Å². The molecule has 0 aliphatic rings. The Morgan fingerprint density at radius 2 is 2.22 bits per heavy atom. The van der Waals surface area contributed by atoms with E-state index in [4.69, 9.17) is 10.2 Å². The molecule has 0 aromatic heterocycles. The molecule has 0 spiro atoms. The van der Waals surface area contributed by atoms with Crippen LogP contribution in [0.3, 0.4) is 0 Å². The van der Waals surface area contributed by atoms with Gasteiger partial charge in [-0.1, -0.05) is 6.92 Å². The lowest BCUT2D eigenvalue weighted by molar-refractivity contribution is -0.385. The van der Waals surface area contributed by atoms with Gasteiger partial charge in [-0.15, -0.1) is 11.8 Å². The Balaban J connectivity index is 2.93. The van der Waals surface area contributed by atoms with Crippen LogP contribution in [0.2, 0.25) is 0 Å². The second-order valence-electron chi connectivity index (χ2n) is 3.84. The van der Waals surface area contributed by atoms with Crippen molar-refractivity contribution >= 4 is 23.4 Å². The van der Waals surface area contributed by atoms with Crippen LogP contribution in [-0.4, -0.2) is 33.5 Å². The number of nitrogens with zero attached hydrogens (tertiary/aromatic N) is 1. The first-order chi connectivity index (χ1) is 8.45. The van der Waals surface area contributed by atoms with Gasteiger partial charge in [0.1, 0.15) is 5.56 Å². The maximum Gasteiger partial charge on any atom is 0.342 e. The standard InChI is InChI=1S/C11H13NO5S/c1-7(5-13)6-18-8-2-3-10(12(16)17)9(4-8)11(14)15/h2-4,7,13H,5-6H2,1H3,(H,14,15). The topological polar surface area (TPSA) is 101 Å². The predicted molar refractivity (Wildman–Crippen MR) is 67.0 cm³/mol. The van der Waals surface area contributed by atoms with Gasteiger partial charge in [-0.2, -0.15) is 0 Å². The number of aliphatic hydroxyl groups excluding tert-OH is 1. The van der Waals surface area contributed by atoms with Gasteiger partial charge in [0, 0.05) is 23.3 Å². The molecule has 0 bridgehead atoms. The summed E-state index contributed by atoms with van der Waals surface area (Å²) in [4.78, 5) is 21.5. The van der Waals surface area contributed by atoms with Gasteiger partial charge in [-0.3, -0.25) is 10.1 Å². The molecule has 0 fully saturated rings. The molecule has 7 heteroatoms. The van der Waals surface area contributed by atoms with E-state index in [1.165, 1.54) is 30.0 Å². The minimum absolute atomic E-state index is 0.0474. The van der Waals surface area contributed by atoms with E-state index in [2.05, 4.69) is 0 Å². The number of hydrogen-bond donors (Lipinski definition) is 2. The lowest BCUT2D eigenvalue weighted by Gasteiger charge is -2.07. The van der Waals surface area contributed by atoms with E-state index in [-0.39, 0.29) is 18.1 Å². The fourth-order valence-electron chi connectivity index (χ4n) is 1.23. The first kappa shape index (κ1) is 14.5. The van der Waals surface area contributed by atoms with Crippen molar-refractivity contribution in [2.75, 3.05) is 12.4 Å². The van der Waals surface area contributed by atoms with Crippen molar-refractivity contribution in [3.8, 4) is 0 Å². The van der Waals surface area contributed by atoms with Crippen LogP contribution in [-0.2, 0) is 0 Å². The number of nitro benzene ring substituents is 1. The largest absolute Gasteiger partial charge is 0.477 e. The van der Waals surface area contributed by atoms with Crippen LogP contribution in [0.4, 0.5) is 5.69 Å². The summed E-state index contributed by atoms with van der Waals surface area (Å²) in [6.45, 7) is 1.91. The zero-order chi connectivity index (χ0) is 13.7. The molecule has 1 rings (SSSR count). The summed E-state index contributed by atoms with van der Waals surface area (Å²) in [6, 6.07) is 3.99. The molecular weight excluding hydrogens is 258 g/mol. The monoisotopic (exact) mass is 271 g/mol. The molecule has 0 radical (unpaired) electrons. The maximum absolute atomic E-state index is 10.9. The van der Waals surface area contributed by atoms with E-state index < -0.39 is 16.6 Å². The van der Waals surface area contributed by atoms with Gasteiger partial charge in [0.05, 0.1) is 4.92 Å². The summed E-state index contributed by atoms with van der Waals surface area (Å²) in [5, 5.41) is 28.4. The Labute approximate surface area is 108 Å². The highest BCUT2D eigenvalue weighted by atomic mass is 32.2. The predicted octanol–water partition coefficient (Wildman–Crippen LogP) is 2.01. The van der Waals surface area contributed by atoms with Crippen molar-refractivity contribution in [3.05, 3.63) is 33.9 Å². The molecule has 0 amide bonds. The fraction of sp³-hybridized carbons (Fsp3) is 0.364. The van der Waals surface area contributed by atoms with Gasteiger partial charge < -0.3 is 10.2 Å². The van der Waals surface area contributed by atoms with E-state index in [0.717, 1.165) is 0 Å². The first-order valence-electron chi connectivity index (χ1n) is 5.21. The average Bonchev–Trinajstić information content (AvgIpc) is 2.35. The summed E-state index contributed by atoms with van der Waals surface area (Å²) >= 11 is 1.36. The molecule has 98 valence electrons. The highest BCUT2D eigenvalue weighted by molar-refractivity contribution is 7.99. The molecule has 0 saturated heterocycles. The summed E-state index contributed by atoms with van der Waals surface area (Å²) in [5.41, 5.74) is -0.733. The van der Waals surface area contributed by atoms with Crippen LogP contribution in [0.25, 0.3) is 0 Å². The number of thioether (sulfide) groups is 1. The molecule has 1 atom stereocenters. The Morgan fingerprint density at radius 1 is 1.56 bits per heavy atom. The lowest BCUT2D eigenvalue weighted by Crippen LogP contribution is -2.05. The van der Waals surface area contributed by atoms with E-state index >= 15 is 0 Å². The zero-order valence-corrected chi connectivity index (χ0v) is 10.5. The van der Waals surface area contributed by atoms with Crippen molar-refractivity contribution < 1.29 is 19.9 Å². The van der Waals surface area contributed by atoms with Crippen molar-refractivity contribution in [3.63, 3.8) is 0 Å². The third-order valence-electron chi connectivity index (χ3n) is 2.24. The third kappa shape index (κ3) is 3.71. The summed E-state index contributed by atoms with van der Waals surface area (Å²) < 4.78 is 0. The smallest absolute Gasteiger partial charge is 0.342 e. The molecule has 0 heterocycles. The minimum Gasteiger partial charge on any atom is -0.477 e. The Morgan fingerprint density at radius 3 is 2.72 bits per heavy atom. The number of rotatable bonds is 6. The number of aliphatic hydroxyl groups is 1. The molecule has 0 aliphatic heterocycles. The quantitative estimate of drug-likeness (QED) is 0.466. The number of aromatic carboxylic acids is 1. The molecule has 0 aliphatic carbocycles. The Bertz CT molecular complexity index is 463. The van der Waals surface area contributed by atoms with Gasteiger partial charge in [-0.25, -0.2) is 4.79 Å². The van der Waals surface area contributed by atoms with Gasteiger partial charge in [0.25, 0.3) is 5.69 Å². The Hall–Kier alpha value is -1.60. The van der Waals surface area contributed by atoms with Gasteiger partial charge in [0.2, 0.25) is 0 Å². The molecule has 2 N–H and O–H groups in total. The zero-order valence-electron chi connectivity index (χ0n) is 9.70. The number of hydrogen-bond acceptors (Lipinski definition) is 5. The number of benzene rings is 1. The minimum atomic E-state index is -1.32. The van der Waals surface area contributed by atoms with E-state index in [9.17, 15) is 14.9 Å². The van der Waals surface area contributed by atoms with Crippen LogP contribution in [0.1, 0.15) is 17.3 Å². The number of nitro groups is 1. The molecule has 18 heavy (non-hydrogen) atoms. The maximum atomic E-state index is 10.9. The van der Waals surface area contributed by atoms with Crippen LogP contribution in [0.5, 0.6) is 0 Å². The molecule has 1 aromatic carbocycles. The van der Waals surface area contributed by atoms with Crippen LogP contribution < -0.4 is 0 Å². The average molecular weight is 271 g/mol.